The van der Waals surface area contributed by atoms with Crippen LogP contribution >= 0.6 is 15.9 Å². The van der Waals surface area contributed by atoms with E-state index in [1.807, 2.05) is 50.2 Å². The van der Waals surface area contributed by atoms with E-state index in [1.165, 1.54) is 4.90 Å². The quantitative estimate of drug-likeness (QED) is 0.560. The first-order valence-corrected chi connectivity index (χ1v) is 10.7. The van der Waals surface area contributed by atoms with E-state index in [2.05, 4.69) is 21.2 Å². The second-order valence-corrected chi connectivity index (χ2v) is 7.89. The van der Waals surface area contributed by atoms with Crippen molar-refractivity contribution in [2.75, 3.05) is 20.3 Å². The zero-order chi connectivity index (χ0) is 22.1. The summed E-state index contributed by atoms with van der Waals surface area (Å²) in [5, 5.41) is 2.86. The molecule has 0 aromatic heterocycles. The molecule has 30 heavy (non-hydrogen) atoms. The van der Waals surface area contributed by atoms with Gasteiger partial charge in [0.2, 0.25) is 5.91 Å². The fourth-order valence-corrected chi connectivity index (χ4v) is 3.13. The van der Waals surface area contributed by atoms with Crippen molar-refractivity contribution >= 4 is 27.7 Å². The lowest BCUT2D eigenvalue weighted by Gasteiger charge is -2.29. The van der Waals surface area contributed by atoms with Crippen molar-refractivity contribution in [1.82, 2.24) is 10.2 Å². The highest BCUT2D eigenvalue weighted by molar-refractivity contribution is 9.10. The molecule has 1 N–H and O–H groups in total. The minimum atomic E-state index is -0.634. The molecule has 0 saturated carbocycles. The fraction of sp³-hybridized carbons (Fsp3) is 0.391. The standard InChI is InChI=1S/C23H29BrN2O4/c1-5-11-25-23(28)17(3)26(14-18-7-6-8-19(13-18)29-4)22(27)15-30-20-9-10-21(24)16(2)12-20/h6-10,12-13,17H,5,11,14-15H2,1-4H3,(H,25,28)/t17-/m1/s1. The number of nitrogens with zero attached hydrogens (tertiary/aromatic N) is 1. The minimum absolute atomic E-state index is 0.156. The second-order valence-electron chi connectivity index (χ2n) is 7.04. The zero-order valence-corrected chi connectivity index (χ0v) is 19.5. The number of carbonyl (C=O) groups is 2. The van der Waals surface area contributed by atoms with Crippen LogP contribution in [0.3, 0.4) is 0 Å². The van der Waals surface area contributed by atoms with Gasteiger partial charge >= 0.3 is 0 Å². The van der Waals surface area contributed by atoms with Crippen LogP contribution in [0.25, 0.3) is 0 Å². The number of halogens is 1. The highest BCUT2D eigenvalue weighted by Gasteiger charge is 2.26. The smallest absolute Gasteiger partial charge is 0.261 e. The normalized spacial score (nSPS) is 11.5. The van der Waals surface area contributed by atoms with E-state index in [-0.39, 0.29) is 25.0 Å². The van der Waals surface area contributed by atoms with Crippen LogP contribution in [0.4, 0.5) is 0 Å². The molecule has 0 aliphatic rings. The van der Waals surface area contributed by atoms with Crippen molar-refractivity contribution in [3.63, 3.8) is 0 Å². The van der Waals surface area contributed by atoms with Crippen LogP contribution in [0.2, 0.25) is 0 Å². The van der Waals surface area contributed by atoms with Crippen LogP contribution in [0.1, 0.15) is 31.4 Å². The van der Waals surface area contributed by atoms with Crippen LogP contribution in [0.5, 0.6) is 11.5 Å². The first-order chi connectivity index (χ1) is 14.3. The number of hydrogen-bond donors (Lipinski definition) is 1. The molecule has 2 aromatic carbocycles. The Bertz CT molecular complexity index is 872. The maximum Gasteiger partial charge on any atom is 0.261 e. The fourth-order valence-electron chi connectivity index (χ4n) is 2.88. The van der Waals surface area contributed by atoms with Crippen LogP contribution in [0.15, 0.2) is 46.9 Å². The largest absolute Gasteiger partial charge is 0.497 e. The van der Waals surface area contributed by atoms with Gasteiger partial charge in [0.15, 0.2) is 6.61 Å². The topological polar surface area (TPSA) is 67.9 Å². The van der Waals surface area contributed by atoms with E-state index >= 15 is 0 Å². The zero-order valence-electron chi connectivity index (χ0n) is 17.9. The third-order valence-corrected chi connectivity index (χ3v) is 5.59. The summed E-state index contributed by atoms with van der Waals surface area (Å²) in [6.07, 6.45) is 0.828. The second kappa shape index (κ2) is 11.6. The van der Waals surface area contributed by atoms with Gasteiger partial charge in [0.25, 0.3) is 5.91 Å². The lowest BCUT2D eigenvalue weighted by Crippen LogP contribution is -2.49. The number of rotatable bonds is 10. The molecule has 2 aromatic rings. The van der Waals surface area contributed by atoms with Gasteiger partial charge in [-0.25, -0.2) is 0 Å². The van der Waals surface area contributed by atoms with Crippen LogP contribution in [-0.2, 0) is 16.1 Å². The van der Waals surface area contributed by atoms with Gasteiger partial charge < -0.3 is 19.7 Å². The Hall–Kier alpha value is -2.54. The first kappa shape index (κ1) is 23.7. The maximum atomic E-state index is 13.0. The molecule has 7 heteroatoms. The summed E-state index contributed by atoms with van der Waals surface area (Å²) >= 11 is 3.45. The summed E-state index contributed by atoms with van der Waals surface area (Å²) in [7, 11) is 1.59. The molecule has 0 aliphatic carbocycles. The van der Waals surface area contributed by atoms with Crippen LogP contribution < -0.4 is 14.8 Å². The maximum absolute atomic E-state index is 13.0. The molecule has 0 bridgehead atoms. The van der Waals surface area contributed by atoms with E-state index in [4.69, 9.17) is 9.47 Å². The van der Waals surface area contributed by atoms with Gasteiger partial charge in [-0.2, -0.15) is 0 Å². The van der Waals surface area contributed by atoms with Crippen molar-refractivity contribution in [1.29, 1.82) is 0 Å². The summed E-state index contributed by atoms with van der Waals surface area (Å²) in [4.78, 5) is 27.1. The predicted molar refractivity (Wildman–Crippen MR) is 121 cm³/mol. The summed E-state index contributed by atoms with van der Waals surface area (Å²) in [5.74, 6) is 0.850. The molecule has 0 unspecified atom stereocenters. The number of hydrogen-bond acceptors (Lipinski definition) is 4. The molecule has 0 saturated heterocycles. The van der Waals surface area contributed by atoms with Gasteiger partial charge in [0, 0.05) is 17.6 Å². The van der Waals surface area contributed by atoms with Gasteiger partial charge in [0.05, 0.1) is 7.11 Å². The van der Waals surface area contributed by atoms with Crippen molar-refractivity contribution in [2.24, 2.45) is 0 Å². The molecule has 0 fully saturated rings. The molecule has 1 atom stereocenters. The average Bonchev–Trinajstić information content (AvgIpc) is 2.76. The minimum Gasteiger partial charge on any atom is -0.497 e. The van der Waals surface area contributed by atoms with Crippen molar-refractivity contribution in [3.8, 4) is 11.5 Å². The number of ether oxygens (including phenoxy) is 2. The molecule has 0 radical (unpaired) electrons. The van der Waals surface area contributed by atoms with E-state index in [0.717, 1.165) is 22.0 Å². The molecule has 0 aliphatic heterocycles. The molecular weight excluding hydrogens is 448 g/mol. The number of aryl methyl sites for hydroxylation is 1. The van der Waals surface area contributed by atoms with Gasteiger partial charge in [-0.05, 0) is 61.7 Å². The summed E-state index contributed by atoms with van der Waals surface area (Å²) in [5.41, 5.74) is 1.89. The molecular formula is C23H29BrN2O4. The summed E-state index contributed by atoms with van der Waals surface area (Å²) < 4.78 is 12.0. The number of nitrogens with one attached hydrogen (secondary N) is 1. The first-order valence-electron chi connectivity index (χ1n) is 9.94. The molecule has 2 rings (SSSR count). The van der Waals surface area contributed by atoms with Gasteiger partial charge in [-0.15, -0.1) is 0 Å². The number of amides is 2. The lowest BCUT2D eigenvalue weighted by atomic mass is 10.1. The van der Waals surface area contributed by atoms with Gasteiger partial charge in [-0.3, -0.25) is 9.59 Å². The van der Waals surface area contributed by atoms with Crippen molar-refractivity contribution in [2.45, 2.75) is 39.8 Å². The summed E-state index contributed by atoms with van der Waals surface area (Å²) in [6.45, 7) is 6.36. The Balaban J connectivity index is 2.16. The molecule has 0 spiro atoms. The Morgan fingerprint density at radius 2 is 1.93 bits per heavy atom. The number of carbonyl (C=O) groups excluding carboxylic acids is 2. The lowest BCUT2D eigenvalue weighted by molar-refractivity contribution is -0.142. The van der Waals surface area contributed by atoms with Gasteiger partial charge in [0.1, 0.15) is 17.5 Å². The summed E-state index contributed by atoms with van der Waals surface area (Å²) in [6, 6.07) is 12.4. The number of benzene rings is 2. The average molecular weight is 477 g/mol. The Morgan fingerprint density at radius 1 is 1.17 bits per heavy atom. The molecule has 6 nitrogen and oxygen atoms in total. The Labute approximate surface area is 186 Å². The predicted octanol–water partition coefficient (Wildman–Crippen LogP) is 4.09. The van der Waals surface area contributed by atoms with E-state index in [1.54, 1.807) is 20.1 Å². The third-order valence-electron chi connectivity index (χ3n) is 4.70. The highest BCUT2D eigenvalue weighted by atomic mass is 79.9. The third kappa shape index (κ3) is 6.76. The van der Waals surface area contributed by atoms with E-state index in [9.17, 15) is 9.59 Å². The van der Waals surface area contributed by atoms with E-state index in [0.29, 0.717) is 18.0 Å². The monoisotopic (exact) mass is 476 g/mol. The highest BCUT2D eigenvalue weighted by Crippen LogP contribution is 2.22. The van der Waals surface area contributed by atoms with Crippen molar-refractivity contribution in [3.05, 3.63) is 58.1 Å². The SMILES string of the molecule is CCCNC(=O)[C@@H](C)N(Cc1cccc(OC)c1)C(=O)COc1ccc(Br)c(C)c1. The van der Waals surface area contributed by atoms with Crippen LogP contribution in [-0.4, -0.2) is 43.0 Å². The van der Waals surface area contributed by atoms with E-state index < -0.39 is 6.04 Å². The Kier molecular flexibility index (Phi) is 9.17. The van der Waals surface area contributed by atoms with Crippen molar-refractivity contribution < 1.29 is 19.1 Å². The van der Waals surface area contributed by atoms with Gasteiger partial charge in [-0.1, -0.05) is 35.0 Å². The molecule has 2 amide bonds. The van der Waals surface area contributed by atoms with Crippen LogP contribution in [0, 0.1) is 6.92 Å². The Morgan fingerprint density at radius 3 is 2.60 bits per heavy atom. The molecule has 0 heterocycles. The number of methoxy groups -OCH3 is 1. The molecule has 162 valence electrons.